The Labute approximate surface area is 291 Å². The molecule has 0 radical (unpaired) electrons. The van der Waals surface area contributed by atoms with Crippen LogP contribution in [0.15, 0.2) is 11.6 Å². The van der Waals surface area contributed by atoms with Gasteiger partial charge in [0.05, 0.1) is 0 Å². The number of alkyl halides is 2. The van der Waals surface area contributed by atoms with Gasteiger partial charge in [0.25, 0.3) is 0 Å². The van der Waals surface area contributed by atoms with E-state index < -0.39 is 14.5 Å². The molecule has 6 saturated carbocycles. The van der Waals surface area contributed by atoms with E-state index in [0.29, 0.717) is 0 Å². The molecule has 262 valence electrons. The van der Waals surface area contributed by atoms with Gasteiger partial charge in [0, 0.05) is 0 Å². The second kappa shape index (κ2) is 17.4. The summed E-state index contributed by atoms with van der Waals surface area (Å²) in [4.78, 5) is -0.320. The third-order valence-electron chi connectivity index (χ3n) is 15.7. The van der Waals surface area contributed by atoms with Crippen LogP contribution < -0.4 is 0 Å². The van der Waals surface area contributed by atoms with Crippen molar-refractivity contribution in [1.82, 2.24) is 0 Å². The molecule has 6 aliphatic carbocycles. The van der Waals surface area contributed by atoms with Crippen molar-refractivity contribution in [2.45, 2.75) is 244 Å². The monoisotopic (exact) mass is 698 g/mol. The van der Waals surface area contributed by atoms with Gasteiger partial charge in [-0.15, -0.1) is 0 Å². The molecule has 6 rings (SSSR count). The molecule has 6 aliphatic rings. The Morgan fingerprint density at radius 1 is 0.400 bits per heavy atom. The Hall–Kier alpha value is 1.18. The molecule has 6 fully saturated rings. The van der Waals surface area contributed by atoms with Crippen molar-refractivity contribution in [2.75, 3.05) is 0 Å². The fraction of sp³-hybridized carbons (Fsp3) is 0.951. The summed E-state index contributed by atoms with van der Waals surface area (Å²) in [5.74, 6) is 0. The van der Waals surface area contributed by atoms with Gasteiger partial charge in [-0.3, -0.25) is 0 Å². The van der Waals surface area contributed by atoms with Gasteiger partial charge in [0.1, 0.15) is 0 Å². The van der Waals surface area contributed by atoms with Crippen LogP contribution in [0.5, 0.6) is 0 Å². The molecule has 0 saturated heterocycles. The van der Waals surface area contributed by atoms with E-state index in [-0.39, 0.29) is 4.84 Å². The van der Waals surface area contributed by atoms with Crippen molar-refractivity contribution < 1.29 is 0 Å². The fourth-order valence-corrected chi connectivity index (χ4v) is 38.6. The molecule has 0 heterocycles. The molecule has 0 atom stereocenters. The van der Waals surface area contributed by atoms with Gasteiger partial charge in [-0.25, -0.2) is 0 Å². The Bertz CT molecular complexity index is 741. The van der Waals surface area contributed by atoms with Gasteiger partial charge >= 0.3 is 293 Å². The number of hydrogen-bond acceptors (Lipinski definition) is 0. The predicted octanol–water partition coefficient (Wildman–Crippen LogP) is 14.6. The van der Waals surface area contributed by atoms with Crippen LogP contribution in [0.25, 0.3) is 0 Å². The molecule has 0 unspecified atom stereocenters. The van der Waals surface area contributed by atoms with Crippen molar-refractivity contribution in [2.24, 2.45) is 0 Å². The molecule has 0 nitrogen and oxygen atoms in total. The quantitative estimate of drug-likeness (QED) is 0.121. The molecule has 0 amide bonds. The van der Waals surface area contributed by atoms with Crippen LogP contribution in [0.1, 0.15) is 200 Å². The van der Waals surface area contributed by atoms with Gasteiger partial charge in [-0.05, 0) is 0 Å². The van der Waals surface area contributed by atoms with E-state index in [1.165, 1.54) is 121 Å². The van der Waals surface area contributed by atoms with Crippen molar-refractivity contribution in [1.29, 1.82) is 0 Å². The van der Waals surface area contributed by atoms with E-state index >= 15 is 0 Å². The van der Waals surface area contributed by atoms with E-state index in [9.17, 15) is 0 Å². The van der Waals surface area contributed by atoms with Crippen LogP contribution in [0.2, 0.25) is 0 Å². The van der Waals surface area contributed by atoms with Crippen molar-refractivity contribution in [3.8, 4) is 0 Å². The number of halogens is 2. The van der Waals surface area contributed by atoms with E-state index in [1.807, 2.05) is 0 Å². The summed E-state index contributed by atoms with van der Waals surface area (Å²) in [5.41, 5.74) is 7.88. The van der Waals surface area contributed by atoms with E-state index in [2.05, 4.69) is 13.0 Å². The molecule has 4 heteroatoms. The zero-order valence-electron chi connectivity index (χ0n) is 29.7. The van der Waals surface area contributed by atoms with Crippen LogP contribution in [0.4, 0.5) is 0 Å². The molecule has 0 aromatic heterocycles. The van der Waals surface area contributed by atoms with Crippen LogP contribution in [-0.4, -0.2) is 44.2 Å². The maximum atomic E-state index is 7.02. The number of allylic oxidation sites excluding steroid dienone is 2. The first-order valence-electron chi connectivity index (χ1n) is 21.1. The Kier molecular flexibility index (Phi) is 13.9. The van der Waals surface area contributed by atoms with Gasteiger partial charge in [-0.1, -0.05) is 0 Å². The molecule has 0 aromatic rings. The van der Waals surface area contributed by atoms with Crippen LogP contribution in [0.3, 0.4) is 0 Å². The van der Waals surface area contributed by atoms with Crippen LogP contribution >= 0.6 is 37.7 Å². The van der Waals surface area contributed by atoms with Gasteiger partial charge in [0.15, 0.2) is 0 Å². The molecular formula is C41H74Cl2P2. The summed E-state index contributed by atoms with van der Waals surface area (Å²) >= 11 is 14.0. The summed E-state index contributed by atoms with van der Waals surface area (Å²) in [6.07, 6.45) is 49.7. The molecule has 0 spiro atoms. The van der Waals surface area contributed by atoms with Crippen LogP contribution in [0, 0.1) is 0 Å². The molecule has 0 N–H and O–H groups in total. The third-order valence-corrected chi connectivity index (χ3v) is 33.9. The fourth-order valence-electron chi connectivity index (χ4n) is 14.2. The van der Waals surface area contributed by atoms with Crippen molar-refractivity contribution >= 4 is 37.7 Å². The Morgan fingerprint density at radius 3 is 0.778 bits per heavy atom. The molecular weight excluding hydrogens is 625 g/mol. The normalized spacial score (nSPS) is 29.2. The SMILES string of the molecule is CC(=CC([PH](C1CCCCC1)(C1CCCCC1)C1CCCCC1)[PH](C1CCCCC1)(C1CCCCC1)C1CCCCC1)C(Cl)Cl. The Morgan fingerprint density at radius 2 is 0.600 bits per heavy atom. The second-order valence-electron chi connectivity index (χ2n) is 17.7. The molecule has 0 aromatic carbocycles. The standard InChI is InChI=1S/C41H74Cl2P2/c1-33(41(42)43)32-40(44(34-20-8-2-9-21-34,35-22-10-3-11-23-35)36-24-12-4-13-25-36)45(37-26-14-5-15-27-37,38-28-16-6-17-29-38)39-30-18-7-19-31-39/h32,34-41,44-45H,2-31H2,1H3. The zero-order valence-corrected chi connectivity index (χ0v) is 33.2. The summed E-state index contributed by atoms with van der Waals surface area (Å²) in [6.45, 7) is 2.40. The average Bonchev–Trinajstić information content (AvgIpc) is 3.11. The second-order valence-corrected chi connectivity index (χ2v) is 29.5. The minimum atomic E-state index is -1.85. The minimum absolute atomic E-state index is 0.320. The molecule has 45 heavy (non-hydrogen) atoms. The summed E-state index contributed by atoms with van der Waals surface area (Å²) < 4.78 is 0. The first kappa shape index (κ1) is 36.0. The van der Waals surface area contributed by atoms with E-state index in [0.717, 1.165) is 39.4 Å². The third kappa shape index (κ3) is 7.61. The van der Waals surface area contributed by atoms with Crippen molar-refractivity contribution in [3.05, 3.63) is 11.6 Å². The predicted molar refractivity (Wildman–Crippen MR) is 211 cm³/mol. The average molecular weight is 700 g/mol. The molecule has 0 bridgehead atoms. The summed E-state index contributed by atoms with van der Waals surface area (Å²) in [5, 5.41) is 0.952. The number of rotatable bonds is 10. The summed E-state index contributed by atoms with van der Waals surface area (Å²) in [6, 6.07) is 0. The topological polar surface area (TPSA) is 0 Å². The van der Waals surface area contributed by atoms with Crippen molar-refractivity contribution in [3.63, 3.8) is 0 Å². The van der Waals surface area contributed by atoms with Gasteiger partial charge < -0.3 is 0 Å². The van der Waals surface area contributed by atoms with Crippen LogP contribution in [-0.2, 0) is 0 Å². The number of hydrogen-bond donors (Lipinski definition) is 0. The van der Waals surface area contributed by atoms with E-state index in [1.54, 1.807) is 77.0 Å². The van der Waals surface area contributed by atoms with Gasteiger partial charge in [0.2, 0.25) is 0 Å². The first-order chi connectivity index (χ1) is 22.1. The van der Waals surface area contributed by atoms with E-state index in [4.69, 9.17) is 23.2 Å². The maximum absolute atomic E-state index is 7.02. The Balaban J connectivity index is 1.66. The molecule has 0 aliphatic heterocycles. The van der Waals surface area contributed by atoms with Gasteiger partial charge in [-0.2, -0.15) is 0 Å². The summed E-state index contributed by atoms with van der Waals surface area (Å²) in [7, 11) is -3.70. The first-order valence-corrected chi connectivity index (χ1v) is 26.5. The zero-order chi connectivity index (χ0) is 31.1.